The van der Waals surface area contributed by atoms with Crippen LogP contribution >= 0.6 is 0 Å². The predicted octanol–water partition coefficient (Wildman–Crippen LogP) is 0.304. The van der Waals surface area contributed by atoms with E-state index in [1.54, 1.807) is 4.90 Å². The van der Waals surface area contributed by atoms with Gasteiger partial charge in [0.1, 0.15) is 6.73 Å². The van der Waals surface area contributed by atoms with Gasteiger partial charge in [0.15, 0.2) is 0 Å². The lowest BCUT2D eigenvalue weighted by molar-refractivity contribution is -0.149. The number of rotatable bonds is 2. The highest BCUT2D eigenvalue weighted by Gasteiger charge is 2.40. The van der Waals surface area contributed by atoms with Gasteiger partial charge in [-0.25, -0.2) is 0 Å². The normalized spacial score (nSPS) is 30.8. The highest BCUT2D eigenvalue weighted by Crippen LogP contribution is 2.33. The largest absolute Gasteiger partial charge is 0.481 e. The average Bonchev–Trinajstić information content (AvgIpc) is 2.88. The highest BCUT2D eigenvalue weighted by atomic mass is 16.5. The summed E-state index contributed by atoms with van der Waals surface area (Å²) in [7, 11) is 0. The number of hydrogen-bond donors (Lipinski definition) is 1. The van der Waals surface area contributed by atoms with Gasteiger partial charge in [-0.1, -0.05) is 6.42 Å². The number of carboxylic acid groups (broad SMARTS) is 1. The summed E-state index contributed by atoms with van der Waals surface area (Å²) in [6, 6.07) is 0. The SMILES string of the molecule is O=C(O)[C@@H]1CCC[C@@H]1C(=O)N1CCOC1. The van der Waals surface area contributed by atoms with Crippen molar-refractivity contribution in [3.05, 3.63) is 0 Å². The summed E-state index contributed by atoms with van der Waals surface area (Å²) < 4.78 is 5.09. The van der Waals surface area contributed by atoms with Gasteiger partial charge in [-0.3, -0.25) is 9.59 Å². The Morgan fingerprint density at radius 3 is 2.60 bits per heavy atom. The molecule has 0 unspecified atom stereocenters. The number of carboxylic acids is 1. The van der Waals surface area contributed by atoms with Crippen LogP contribution in [-0.4, -0.2) is 41.8 Å². The van der Waals surface area contributed by atoms with Crippen molar-refractivity contribution in [2.24, 2.45) is 11.8 Å². The molecule has 1 heterocycles. The summed E-state index contributed by atoms with van der Waals surface area (Å²) in [5.74, 6) is -1.70. The zero-order chi connectivity index (χ0) is 10.8. The summed E-state index contributed by atoms with van der Waals surface area (Å²) in [6.07, 6.45) is 2.16. The molecule has 0 aromatic carbocycles. The second kappa shape index (κ2) is 4.18. The van der Waals surface area contributed by atoms with Crippen molar-refractivity contribution in [3.63, 3.8) is 0 Å². The maximum absolute atomic E-state index is 11.9. The first-order valence-electron chi connectivity index (χ1n) is 5.29. The maximum Gasteiger partial charge on any atom is 0.307 e. The molecule has 0 bridgehead atoms. The van der Waals surface area contributed by atoms with E-state index in [2.05, 4.69) is 0 Å². The molecule has 1 saturated carbocycles. The Morgan fingerprint density at radius 1 is 1.27 bits per heavy atom. The Kier molecular flexibility index (Phi) is 2.90. The minimum Gasteiger partial charge on any atom is -0.481 e. The van der Waals surface area contributed by atoms with Crippen LogP contribution in [-0.2, 0) is 14.3 Å². The molecule has 5 nitrogen and oxygen atoms in total. The molecule has 1 aliphatic heterocycles. The number of amides is 1. The number of carbonyl (C=O) groups is 2. The van der Waals surface area contributed by atoms with Gasteiger partial charge >= 0.3 is 5.97 Å². The van der Waals surface area contributed by atoms with Crippen LogP contribution in [0.2, 0.25) is 0 Å². The average molecular weight is 213 g/mol. The van der Waals surface area contributed by atoms with E-state index >= 15 is 0 Å². The van der Waals surface area contributed by atoms with Crippen LogP contribution in [0, 0.1) is 11.8 Å². The summed E-state index contributed by atoms with van der Waals surface area (Å²) in [5, 5.41) is 8.97. The molecule has 1 saturated heterocycles. The number of carbonyl (C=O) groups excluding carboxylic acids is 1. The predicted molar refractivity (Wildman–Crippen MR) is 51.0 cm³/mol. The lowest BCUT2D eigenvalue weighted by Crippen LogP contribution is -2.37. The summed E-state index contributed by atoms with van der Waals surface area (Å²) in [4.78, 5) is 24.5. The lowest BCUT2D eigenvalue weighted by Gasteiger charge is -2.21. The molecule has 1 N–H and O–H groups in total. The Morgan fingerprint density at radius 2 is 2.00 bits per heavy atom. The Bertz CT molecular complexity index is 273. The van der Waals surface area contributed by atoms with Crippen molar-refractivity contribution in [1.82, 2.24) is 4.90 Å². The topological polar surface area (TPSA) is 66.8 Å². The van der Waals surface area contributed by atoms with Gasteiger partial charge in [-0.2, -0.15) is 0 Å². The van der Waals surface area contributed by atoms with E-state index in [9.17, 15) is 9.59 Å². The van der Waals surface area contributed by atoms with Gasteiger partial charge in [-0.05, 0) is 12.8 Å². The first kappa shape index (κ1) is 10.4. The quantitative estimate of drug-likeness (QED) is 0.716. The van der Waals surface area contributed by atoms with Crippen molar-refractivity contribution in [1.29, 1.82) is 0 Å². The fourth-order valence-electron chi connectivity index (χ4n) is 2.37. The van der Waals surface area contributed by atoms with E-state index in [-0.39, 0.29) is 11.8 Å². The van der Waals surface area contributed by atoms with Gasteiger partial charge in [-0.15, -0.1) is 0 Å². The number of aliphatic carboxylic acids is 1. The maximum atomic E-state index is 11.9. The number of ether oxygens (including phenoxy) is 1. The second-order valence-corrected chi connectivity index (χ2v) is 4.12. The van der Waals surface area contributed by atoms with Crippen molar-refractivity contribution in [2.75, 3.05) is 19.9 Å². The van der Waals surface area contributed by atoms with Crippen LogP contribution in [0.25, 0.3) is 0 Å². The van der Waals surface area contributed by atoms with Crippen LogP contribution < -0.4 is 0 Å². The van der Waals surface area contributed by atoms with Crippen molar-refractivity contribution in [2.45, 2.75) is 19.3 Å². The smallest absolute Gasteiger partial charge is 0.307 e. The molecule has 2 atom stereocenters. The monoisotopic (exact) mass is 213 g/mol. The van der Waals surface area contributed by atoms with Crippen molar-refractivity contribution in [3.8, 4) is 0 Å². The van der Waals surface area contributed by atoms with E-state index in [0.717, 1.165) is 6.42 Å². The third kappa shape index (κ3) is 1.97. The minimum absolute atomic E-state index is 0.0441. The van der Waals surface area contributed by atoms with Gasteiger partial charge < -0.3 is 14.7 Å². The Hall–Kier alpha value is -1.10. The standard InChI is InChI=1S/C10H15NO4/c12-9(11-4-5-15-6-11)7-2-1-3-8(7)10(13)14/h7-8H,1-6H2,(H,13,14)/t7-,8+/m0/s1. The molecule has 2 aliphatic rings. The molecular weight excluding hydrogens is 198 g/mol. The van der Waals surface area contributed by atoms with E-state index in [1.807, 2.05) is 0 Å². The fraction of sp³-hybridized carbons (Fsp3) is 0.800. The molecular formula is C10H15NO4. The van der Waals surface area contributed by atoms with Crippen LogP contribution in [0.3, 0.4) is 0 Å². The molecule has 15 heavy (non-hydrogen) atoms. The molecule has 0 radical (unpaired) electrons. The second-order valence-electron chi connectivity index (χ2n) is 4.12. The zero-order valence-corrected chi connectivity index (χ0v) is 8.52. The van der Waals surface area contributed by atoms with Gasteiger partial charge in [0, 0.05) is 6.54 Å². The van der Waals surface area contributed by atoms with Crippen molar-refractivity contribution < 1.29 is 19.4 Å². The Balaban J connectivity index is 2.02. The summed E-state index contributed by atoms with van der Waals surface area (Å²) in [6.45, 7) is 1.49. The molecule has 2 fully saturated rings. The fourth-order valence-corrected chi connectivity index (χ4v) is 2.37. The first-order valence-corrected chi connectivity index (χ1v) is 5.29. The molecule has 1 amide bonds. The molecule has 2 rings (SSSR count). The van der Waals surface area contributed by atoms with Crippen LogP contribution in [0.4, 0.5) is 0 Å². The van der Waals surface area contributed by atoms with Crippen LogP contribution in [0.15, 0.2) is 0 Å². The highest BCUT2D eigenvalue weighted by molar-refractivity contribution is 5.85. The van der Waals surface area contributed by atoms with Gasteiger partial charge in [0.2, 0.25) is 5.91 Å². The van der Waals surface area contributed by atoms with Crippen molar-refractivity contribution >= 4 is 11.9 Å². The zero-order valence-electron chi connectivity index (χ0n) is 8.52. The first-order chi connectivity index (χ1) is 7.20. The molecule has 84 valence electrons. The third-order valence-electron chi connectivity index (χ3n) is 3.21. The summed E-state index contributed by atoms with van der Waals surface area (Å²) >= 11 is 0. The van der Waals surface area contributed by atoms with E-state index in [0.29, 0.717) is 32.7 Å². The third-order valence-corrected chi connectivity index (χ3v) is 3.21. The molecule has 0 spiro atoms. The van der Waals surface area contributed by atoms with E-state index in [4.69, 9.17) is 9.84 Å². The lowest BCUT2D eigenvalue weighted by atomic mass is 9.95. The van der Waals surface area contributed by atoms with E-state index < -0.39 is 11.9 Å². The van der Waals surface area contributed by atoms with Gasteiger partial charge in [0.05, 0.1) is 18.4 Å². The minimum atomic E-state index is -0.842. The number of hydrogen-bond acceptors (Lipinski definition) is 3. The van der Waals surface area contributed by atoms with Crippen LogP contribution in [0.5, 0.6) is 0 Å². The Labute approximate surface area is 88.0 Å². The van der Waals surface area contributed by atoms with Gasteiger partial charge in [0.25, 0.3) is 0 Å². The molecule has 0 aromatic heterocycles. The summed E-state index contributed by atoms with van der Waals surface area (Å²) in [5.41, 5.74) is 0. The van der Waals surface area contributed by atoms with E-state index in [1.165, 1.54) is 0 Å². The van der Waals surface area contributed by atoms with Crippen LogP contribution in [0.1, 0.15) is 19.3 Å². The number of nitrogens with zero attached hydrogens (tertiary/aromatic N) is 1. The molecule has 5 heteroatoms. The molecule has 0 aromatic rings. The molecule has 1 aliphatic carbocycles.